The number of hydrogen-bond donors (Lipinski definition) is 0. The second kappa shape index (κ2) is 12.2. The minimum absolute atomic E-state index is 0. The Balaban J connectivity index is 0.000000302. The number of fused-ring (bicyclic) bond motifs is 1. The number of hydrogen-bond acceptors (Lipinski definition) is 4. The summed E-state index contributed by atoms with van der Waals surface area (Å²) in [6, 6.07) is 17.4. The standard InChI is InChI=1S/C18H17N2S.C12H10N.Ir/c1-5-14-15-8-7-12(3)20-18(15)21-17(14)13(4)16-9-6-11(2)10-19-16;1-10-7-8-12(13-9-10)11-5-3-2-4-6-11;/h4-10,14,17H,1H2,2-3H3;2-5,7-9H,1H3;/q2*-1;/i2D3,3D3,6D,9D;;. The average Bonchev–Trinajstić information content (AvgIpc) is 3.32. The van der Waals surface area contributed by atoms with Crippen molar-refractivity contribution in [3.63, 3.8) is 0 Å². The molecule has 3 nitrogen and oxygen atoms in total. The summed E-state index contributed by atoms with van der Waals surface area (Å²) in [5.74, 6) is -0.300. The van der Waals surface area contributed by atoms with Gasteiger partial charge in [-0.05, 0) is 49.1 Å². The van der Waals surface area contributed by atoms with Crippen molar-refractivity contribution < 1.29 is 31.1 Å². The molecule has 2 unspecified atom stereocenters. The van der Waals surface area contributed by atoms with Crippen LogP contribution in [0.25, 0.3) is 16.8 Å². The Morgan fingerprint density at radius 2 is 1.97 bits per heavy atom. The van der Waals surface area contributed by atoms with Crippen molar-refractivity contribution >= 4 is 17.3 Å². The Morgan fingerprint density at radius 1 is 1.11 bits per heavy atom. The van der Waals surface area contributed by atoms with E-state index >= 15 is 0 Å². The van der Waals surface area contributed by atoms with Gasteiger partial charge in [0, 0.05) is 59.0 Å². The molecule has 1 aromatic carbocycles. The summed E-state index contributed by atoms with van der Waals surface area (Å²) in [5, 5.41) is 0.0460. The van der Waals surface area contributed by atoms with Crippen LogP contribution in [0.4, 0.5) is 0 Å². The summed E-state index contributed by atoms with van der Waals surface area (Å²) in [6.07, 6.45) is 4.58. The molecule has 35 heavy (non-hydrogen) atoms. The van der Waals surface area contributed by atoms with E-state index in [1.54, 1.807) is 12.1 Å². The van der Waals surface area contributed by atoms with E-state index in [-0.39, 0.29) is 54.6 Å². The van der Waals surface area contributed by atoms with Crippen LogP contribution in [0.3, 0.4) is 0 Å². The Morgan fingerprint density at radius 3 is 2.66 bits per heavy atom. The largest absolute Gasteiger partial charge is 0.351 e. The first-order valence-electron chi connectivity index (χ1n) is 14.5. The number of nitrogens with zero attached hydrogens (tertiary/aromatic N) is 3. The van der Waals surface area contributed by atoms with Gasteiger partial charge in [-0.15, -0.1) is 60.3 Å². The predicted molar refractivity (Wildman–Crippen MR) is 141 cm³/mol. The molecule has 1 aliphatic heterocycles. The van der Waals surface area contributed by atoms with Crippen molar-refractivity contribution in [1.29, 1.82) is 0 Å². The van der Waals surface area contributed by atoms with Crippen LogP contribution in [-0.4, -0.2) is 20.2 Å². The van der Waals surface area contributed by atoms with Crippen LogP contribution in [0.1, 0.15) is 45.0 Å². The number of thioether (sulfide) groups is 1. The first-order chi connectivity index (χ1) is 19.7. The van der Waals surface area contributed by atoms with E-state index in [0.717, 1.165) is 23.0 Å². The molecule has 179 valence electrons. The van der Waals surface area contributed by atoms with E-state index in [9.17, 15) is 0 Å². The number of benzene rings is 1. The van der Waals surface area contributed by atoms with E-state index in [1.165, 1.54) is 23.4 Å². The summed E-state index contributed by atoms with van der Waals surface area (Å²) < 4.78 is 61.2. The summed E-state index contributed by atoms with van der Waals surface area (Å²) >= 11 is 1.24. The third-order valence-corrected chi connectivity index (χ3v) is 6.53. The minimum atomic E-state index is -2.55. The van der Waals surface area contributed by atoms with Crippen molar-refractivity contribution in [3.05, 3.63) is 126 Å². The quantitative estimate of drug-likeness (QED) is 0.171. The fourth-order valence-electron chi connectivity index (χ4n) is 3.44. The van der Waals surface area contributed by atoms with Crippen molar-refractivity contribution in [3.8, 4) is 11.3 Å². The van der Waals surface area contributed by atoms with E-state index in [2.05, 4.69) is 33.7 Å². The van der Waals surface area contributed by atoms with Crippen LogP contribution in [0.5, 0.6) is 0 Å². The minimum Gasteiger partial charge on any atom is -0.351 e. The molecule has 4 aromatic rings. The van der Waals surface area contributed by atoms with Gasteiger partial charge >= 0.3 is 0 Å². The van der Waals surface area contributed by atoms with E-state index in [1.807, 2.05) is 43.5 Å². The van der Waals surface area contributed by atoms with Crippen LogP contribution in [0, 0.1) is 33.3 Å². The van der Waals surface area contributed by atoms with Crippen LogP contribution in [-0.2, 0) is 20.1 Å². The number of rotatable bonds is 4. The van der Waals surface area contributed by atoms with Gasteiger partial charge in [-0.25, -0.2) is 4.98 Å². The topological polar surface area (TPSA) is 38.7 Å². The van der Waals surface area contributed by atoms with Gasteiger partial charge in [0.05, 0.1) is 1.37 Å². The van der Waals surface area contributed by atoms with Crippen molar-refractivity contribution in [2.45, 2.75) is 36.8 Å². The second-order valence-corrected chi connectivity index (χ2v) is 8.74. The zero-order valence-corrected chi connectivity index (χ0v) is 22.1. The summed E-state index contributed by atoms with van der Waals surface area (Å²) in [7, 11) is 0. The van der Waals surface area contributed by atoms with Crippen LogP contribution >= 0.6 is 11.8 Å². The zero-order valence-electron chi connectivity index (χ0n) is 26.9. The summed E-state index contributed by atoms with van der Waals surface area (Å²) in [4.78, 5) is 12.6. The maximum Gasteiger partial charge on any atom is 0.101 e. The van der Waals surface area contributed by atoms with Gasteiger partial charge in [-0.1, -0.05) is 36.0 Å². The molecule has 0 spiro atoms. The molecule has 1 radical (unpaired) electrons. The first kappa shape index (κ1) is 17.6. The molecule has 0 saturated carbocycles. The molecule has 0 aliphatic carbocycles. The van der Waals surface area contributed by atoms with Gasteiger partial charge in [0.25, 0.3) is 0 Å². The average molecular weight is 662 g/mol. The van der Waals surface area contributed by atoms with Crippen LogP contribution in [0.2, 0.25) is 0 Å². The SMILES string of the molecule is Cc1ccc(-c2[c-]cccc2)nc1.[2H]c1c(C([2H])([2H])[2H])cnc(C(=[CH-])C2Sc3nc(C([2H])([2H])[2H])ccc3C2C=C)c1[2H].[Ir]. The molecule has 0 fully saturated rings. The summed E-state index contributed by atoms with van der Waals surface area (Å²) in [6.45, 7) is 7.27. The van der Waals surface area contributed by atoms with Gasteiger partial charge in [0.2, 0.25) is 0 Å². The molecule has 4 heterocycles. The maximum absolute atomic E-state index is 8.18. The summed E-state index contributed by atoms with van der Waals surface area (Å²) in [5.41, 5.74) is 3.84. The van der Waals surface area contributed by atoms with Gasteiger partial charge in [-0.3, -0.25) is 6.58 Å². The molecule has 5 rings (SSSR count). The first-order valence-corrected chi connectivity index (χ1v) is 11.4. The van der Waals surface area contributed by atoms with Crippen LogP contribution < -0.4 is 0 Å². The third-order valence-electron chi connectivity index (χ3n) is 5.18. The Labute approximate surface area is 237 Å². The molecule has 3 aromatic heterocycles. The molecule has 0 saturated heterocycles. The van der Waals surface area contributed by atoms with E-state index in [4.69, 9.17) is 17.5 Å². The Kier molecular flexibility index (Phi) is 6.13. The molecule has 0 amide bonds. The van der Waals surface area contributed by atoms with E-state index in [0.29, 0.717) is 5.03 Å². The van der Waals surface area contributed by atoms with E-state index < -0.39 is 25.0 Å². The molecular weight excluding hydrogens is 627 g/mol. The zero-order chi connectivity index (χ0) is 30.8. The molecule has 2 atom stereocenters. The van der Waals surface area contributed by atoms with Crippen molar-refractivity contribution in [1.82, 2.24) is 15.0 Å². The third kappa shape index (κ3) is 6.43. The normalized spacial score (nSPS) is 19.8. The maximum atomic E-state index is 8.18. The van der Waals surface area contributed by atoms with Crippen molar-refractivity contribution in [2.75, 3.05) is 0 Å². The van der Waals surface area contributed by atoms with Crippen molar-refractivity contribution in [2.24, 2.45) is 0 Å². The van der Waals surface area contributed by atoms with Gasteiger partial charge in [0.1, 0.15) is 5.03 Å². The number of aromatic nitrogens is 3. The molecule has 5 heteroatoms. The Hall–Kier alpha value is -2.85. The molecule has 0 N–H and O–H groups in total. The molecular formula is C30H27IrN3S-2. The monoisotopic (exact) mass is 662 g/mol. The Bertz CT molecular complexity index is 1610. The second-order valence-electron chi connectivity index (χ2n) is 7.61. The number of pyridine rings is 3. The molecule has 1 aliphatic rings. The predicted octanol–water partition coefficient (Wildman–Crippen LogP) is 7.21. The number of aryl methyl sites for hydroxylation is 3. The fraction of sp³-hybridized carbons (Fsp3) is 0.167. The van der Waals surface area contributed by atoms with Crippen LogP contribution in [0.15, 0.2) is 90.7 Å². The van der Waals surface area contributed by atoms with Gasteiger partial charge in [0.15, 0.2) is 0 Å². The smallest absolute Gasteiger partial charge is 0.101 e. The molecule has 0 bridgehead atoms. The van der Waals surface area contributed by atoms with Gasteiger partial charge < -0.3 is 9.97 Å². The number of allylic oxidation sites excluding steroid dienone is 1. The van der Waals surface area contributed by atoms with Gasteiger partial charge in [-0.2, -0.15) is 5.57 Å². The fourth-order valence-corrected chi connectivity index (χ4v) is 4.82.